The van der Waals surface area contributed by atoms with E-state index in [0.717, 1.165) is 0 Å². The minimum Gasteiger partial charge on any atom is -0.481 e. The number of nitrogens with zero attached hydrogens (tertiary/aromatic N) is 4. The Labute approximate surface area is 131 Å². The number of carboxylic acid groups (broad SMARTS) is 1. The molecule has 2 aromatic rings. The Bertz CT molecular complexity index is 674. The molecule has 0 aliphatic heterocycles. The van der Waals surface area contributed by atoms with Gasteiger partial charge in [-0.2, -0.15) is 0 Å². The fourth-order valence-electron chi connectivity index (χ4n) is 1.84. The minimum atomic E-state index is -0.963. The highest BCUT2D eigenvalue weighted by atomic mass is 35.5. The van der Waals surface area contributed by atoms with Gasteiger partial charge in [-0.15, -0.1) is 5.10 Å². The molecule has 0 aliphatic carbocycles. The average Bonchev–Trinajstić information content (AvgIpc) is 2.89. The summed E-state index contributed by atoms with van der Waals surface area (Å²) in [5, 5.41) is 21.5. The topological polar surface area (TPSA) is 80.9 Å². The van der Waals surface area contributed by atoms with Gasteiger partial charge in [-0.05, 0) is 35.9 Å². The molecule has 6 nitrogen and oxygen atoms in total. The quantitative estimate of drug-likeness (QED) is 0.911. The van der Waals surface area contributed by atoms with E-state index in [9.17, 15) is 9.90 Å². The highest BCUT2D eigenvalue weighted by Crippen LogP contribution is 2.33. The lowest BCUT2D eigenvalue weighted by Crippen LogP contribution is -2.32. The third kappa shape index (κ3) is 3.01. The lowest BCUT2D eigenvalue weighted by molar-refractivity contribution is -0.149. The number of aliphatic carboxylic acids is 1. The van der Waals surface area contributed by atoms with Crippen molar-refractivity contribution in [2.45, 2.75) is 26.8 Å². The van der Waals surface area contributed by atoms with Crippen LogP contribution in [0.25, 0.3) is 11.4 Å². The smallest absolute Gasteiger partial charge is 0.311 e. The number of tetrazole rings is 1. The Hall–Kier alpha value is -1.66. The van der Waals surface area contributed by atoms with E-state index in [1.54, 1.807) is 25.1 Å². The lowest BCUT2D eigenvalue weighted by atomic mass is 9.88. The van der Waals surface area contributed by atoms with Gasteiger partial charge in [0.25, 0.3) is 0 Å². The van der Waals surface area contributed by atoms with Gasteiger partial charge < -0.3 is 5.11 Å². The van der Waals surface area contributed by atoms with Crippen LogP contribution in [0.1, 0.15) is 20.3 Å². The maximum atomic E-state index is 11.4. The molecule has 1 heterocycles. The molecule has 0 fully saturated rings. The normalized spacial score (nSPS) is 13.9. The van der Waals surface area contributed by atoms with Gasteiger partial charge in [0.1, 0.15) is 0 Å². The van der Waals surface area contributed by atoms with Crippen molar-refractivity contribution in [3.8, 4) is 11.4 Å². The van der Waals surface area contributed by atoms with Gasteiger partial charge in [0.15, 0.2) is 5.82 Å². The van der Waals surface area contributed by atoms with Crippen LogP contribution in [0.3, 0.4) is 0 Å². The van der Waals surface area contributed by atoms with Gasteiger partial charge in [-0.25, -0.2) is 4.68 Å². The number of carbonyl (C=O) groups is 1. The Morgan fingerprint density at radius 3 is 2.76 bits per heavy atom. The Morgan fingerprint density at radius 1 is 1.43 bits per heavy atom. The summed E-state index contributed by atoms with van der Waals surface area (Å²) in [5.74, 6) is -0.507. The molecule has 0 saturated heterocycles. The number of aromatic nitrogens is 4. The van der Waals surface area contributed by atoms with E-state index < -0.39 is 11.4 Å². The molecule has 0 radical (unpaired) electrons. The first kappa shape index (κ1) is 15.7. The second-order valence-electron chi connectivity index (χ2n) is 4.98. The summed E-state index contributed by atoms with van der Waals surface area (Å²) in [6, 6.07) is 5.13. The Balaban J connectivity index is 2.44. The summed E-state index contributed by atoms with van der Waals surface area (Å²) in [6.45, 7) is 3.61. The monoisotopic (exact) mass is 328 g/mol. The third-order valence-electron chi connectivity index (χ3n) is 3.52. The zero-order valence-electron chi connectivity index (χ0n) is 11.5. The molecule has 1 atom stereocenters. The van der Waals surface area contributed by atoms with E-state index in [1.165, 1.54) is 4.68 Å². The zero-order valence-corrected chi connectivity index (χ0v) is 13.1. The summed E-state index contributed by atoms with van der Waals surface area (Å²) in [6.07, 6.45) is 0.449. The number of carboxylic acids is 1. The second kappa shape index (κ2) is 5.99. The summed E-state index contributed by atoms with van der Waals surface area (Å²) >= 11 is 12.2. The van der Waals surface area contributed by atoms with Crippen LogP contribution in [0, 0.1) is 5.41 Å². The zero-order chi connectivity index (χ0) is 15.6. The van der Waals surface area contributed by atoms with Crippen molar-refractivity contribution in [2.24, 2.45) is 5.41 Å². The molecule has 1 N–H and O–H groups in total. The van der Waals surface area contributed by atoms with Crippen LogP contribution in [0.2, 0.25) is 10.0 Å². The van der Waals surface area contributed by atoms with Crippen molar-refractivity contribution >= 4 is 29.2 Å². The highest BCUT2D eigenvalue weighted by molar-refractivity contribution is 6.43. The molecule has 21 heavy (non-hydrogen) atoms. The largest absolute Gasteiger partial charge is 0.481 e. The van der Waals surface area contributed by atoms with Crippen molar-refractivity contribution in [3.63, 3.8) is 0 Å². The fourth-order valence-corrected chi connectivity index (χ4v) is 2.23. The van der Waals surface area contributed by atoms with E-state index in [2.05, 4.69) is 15.5 Å². The molecule has 1 unspecified atom stereocenters. The molecule has 1 aromatic heterocycles. The molecular formula is C13H14Cl2N4O2. The molecule has 8 heteroatoms. The fraction of sp³-hybridized carbons (Fsp3) is 0.385. The van der Waals surface area contributed by atoms with Crippen LogP contribution in [0.5, 0.6) is 0 Å². The molecule has 0 spiro atoms. The summed E-state index contributed by atoms with van der Waals surface area (Å²) in [4.78, 5) is 11.4. The van der Waals surface area contributed by atoms with Crippen LogP contribution in [0.15, 0.2) is 18.2 Å². The predicted molar refractivity (Wildman–Crippen MR) is 79.3 cm³/mol. The number of hydrogen-bond donors (Lipinski definition) is 1. The first-order chi connectivity index (χ1) is 9.89. The molecule has 0 amide bonds. The van der Waals surface area contributed by atoms with Crippen LogP contribution >= 0.6 is 23.2 Å². The van der Waals surface area contributed by atoms with E-state index in [-0.39, 0.29) is 6.54 Å². The van der Waals surface area contributed by atoms with E-state index in [4.69, 9.17) is 23.2 Å². The molecule has 0 saturated carbocycles. The predicted octanol–water partition coefficient (Wildman–Crippen LogP) is 3.15. The van der Waals surface area contributed by atoms with Crippen molar-refractivity contribution in [3.05, 3.63) is 28.2 Å². The second-order valence-corrected chi connectivity index (χ2v) is 5.77. The molecule has 2 rings (SSSR count). The van der Waals surface area contributed by atoms with Crippen molar-refractivity contribution in [1.82, 2.24) is 20.2 Å². The maximum Gasteiger partial charge on any atom is 0.311 e. The minimum absolute atomic E-state index is 0.143. The molecule has 112 valence electrons. The van der Waals surface area contributed by atoms with Crippen molar-refractivity contribution in [2.75, 3.05) is 0 Å². The number of halogens is 2. The molecule has 0 aliphatic rings. The Morgan fingerprint density at radius 2 is 2.14 bits per heavy atom. The molecule has 0 bridgehead atoms. The van der Waals surface area contributed by atoms with Crippen molar-refractivity contribution in [1.29, 1.82) is 0 Å². The van der Waals surface area contributed by atoms with Gasteiger partial charge in [0.2, 0.25) is 0 Å². The summed E-state index contributed by atoms with van der Waals surface area (Å²) < 4.78 is 1.44. The van der Waals surface area contributed by atoms with Crippen LogP contribution < -0.4 is 0 Å². The maximum absolute atomic E-state index is 11.4. The van der Waals surface area contributed by atoms with Gasteiger partial charge >= 0.3 is 5.97 Å². The van der Waals surface area contributed by atoms with Crippen LogP contribution in [0.4, 0.5) is 0 Å². The molecule has 1 aromatic carbocycles. The van der Waals surface area contributed by atoms with E-state index in [0.29, 0.717) is 27.9 Å². The van der Waals surface area contributed by atoms with Gasteiger partial charge in [-0.1, -0.05) is 36.2 Å². The van der Waals surface area contributed by atoms with E-state index >= 15 is 0 Å². The lowest BCUT2D eigenvalue weighted by Gasteiger charge is -2.23. The Kier molecular flexibility index (Phi) is 4.49. The number of benzene rings is 1. The van der Waals surface area contributed by atoms with Gasteiger partial charge in [0, 0.05) is 5.56 Å². The number of hydrogen-bond acceptors (Lipinski definition) is 4. The summed E-state index contributed by atoms with van der Waals surface area (Å²) in [7, 11) is 0. The van der Waals surface area contributed by atoms with Crippen LogP contribution in [-0.2, 0) is 11.3 Å². The number of rotatable bonds is 5. The average molecular weight is 329 g/mol. The van der Waals surface area contributed by atoms with Crippen molar-refractivity contribution < 1.29 is 9.90 Å². The molecular weight excluding hydrogens is 315 g/mol. The van der Waals surface area contributed by atoms with Crippen LogP contribution in [-0.4, -0.2) is 31.3 Å². The first-order valence-corrected chi connectivity index (χ1v) is 7.08. The standard InChI is InChI=1S/C13H14Cl2N4O2/c1-3-13(2,12(20)21)7-19-11(16-17-18-19)8-5-4-6-9(14)10(8)15/h4-6H,3,7H2,1-2H3,(H,20,21). The third-order valence-corrected chi connectivity index (χ3v) is 4.34. The highest BCUT2D eigenvalue weighted by Gasteiger charge is 2.33. The van der Waals surface area contributed by atoms with E-state index in [1.807, 2.05) is 6.92 Å². The van der Waals surface area contributed by atoms with Gasteiger partial charge in [-0.3, -0.25) is 4.79 Å². The first-order valence-electron chi connectivity index (χ1n) is 6.33. The summed E-state index contributed by atoms with van der Waals surface area (Å²) in [5.41, 5.74) is -0.396. The van der Waals surface area contributed by atoms with Gasteiger partial charge in [0.05, 0.1) is 22.0 Å². The SMILES string of the molecule is CCC(C)(Cn1nnnc1-c1cccc(Cl)c1Cl)C(=O)O.